The van der Waals surface area contributed by atoms with Crippen LogP contribution in [0, 0.1) is 6.92 Å². The van der Waals surface area contributed by atoms with Crippen LogP contribution in [0.5, 0.6) is 0 Å². The third-order valence-electron chi connectivity index (χ3n) is 3.24. The van der Waals surface area contributed by atoms with Gasteiger partial charge in [0, 0.05) is 23.2 Å². The molecule has 0 aliphatic rings. The van der Waals surface area contributed by atoms with Gasteiger partial charge in [-0.25, -0.2) is 4.98 Å². The monoisotopic (exact) mass is 249 g/mol. The zero-order chi connectivity index (χ0) is 13.2. The summed E-state index contributed by atoms with van der Waals surface area (Å²) in [5.74, 6) is 0.563. The van der Waals surface area contributed by atoms with Crippen molar-refractivity contribution in [3.8, 4) is 0 Å². The first-order valence-electron chi connectivity index (χ1n) is 6.29. The van der Waals surface area contributed by atoms with Crippen molar-refractivity contribution in [2.24, 2.45) is 0 Å². The first-order chi connectivity index (χ1) is 9.22. The van der Waals surface area contributed by atoms with Crippen LogP contribution < -0.4 is 5.73 Å². The first-order valence-corrected chi connectivity index (χ1v) is 6.29. The van der Waals surface area contributed by atoms with Crippen LogP contribution in [0.1, 0.15) is 17.0 Å². The summed E-state index contributed by atoms with van der Waals surface area (Å²) in [4.78, 5) is 8.96. The van der Waals surface area contributed by atoms with Gasteiger partial charge in [0.25, 0.3) is 0 Å². The lowest BCUT2D eigenvalue weighted by molar-refractivity contribution is 1.04. The molecular formula is C16H15N3. The molecule has 0 radical (unpaired) electrons. The predicted molar refractivity (Wildman–Crippen MR) is 77.9 cm³/mol. The number of pyridine rings is 2. The molecule has 0 unspecified atom stereocenters. The smallest absolute Gasteiger partial charge is 0.123 e. The quantitative estimate of drug-likeness (QED) is 0.759. The molecule has 3 aromatic rings. The average molecular weight is 249 g/mol. The maximum Gasteiger partial charge on any atom is 0.123 e. The fourth-order valence-corrected chi connectivity index (χ4v) is 2.20. The third-order valence-corrected chi connectivity index (χ3v) is 3.24. The number of aryl methyl sites for hydroxylation is 1. The van der Waals surface area contributed by atoms with E-state index < -0.39 is 0 Å². The molecule has 0 aliphatic heterocycles. The van der Waals surface area contributed by atoms with Gasteiger partial charge in [-0.1, -0.05) is 30.3 Å². The van der Waals surface area contributed by atoms with E-state index in [2.05, 4.69) is 28.2 Å². The Hall–Kier alpha value is -2.42. The summed E-state index contributed by atoms with van der Waals surface area (Å²) in [6.45, 7) is 1.98. The van der Waals surface area contributed by atoms with Crippen molar-refractivity contribution in [2.75, 3.05) is 5.73 Å². The summed E-state index contributed by atoms with van der Waals surface area (Å²) in [6, 6.07) is 16.2. The number of benzene rings is 1. The summed E-state index contributed by atoms with van der Waals surface area (Å²) < 4.78 is 0. The van der Waals surface area contributed by atoms with Crippen molar-refractivity contribution in [1.29, 1.82) is 0 Å². The number of aromatic nitrogens is 2. The third kappa shape index (κ3) is 2.40. The Morgan fingerprint density at radius 1 is 0.947 bits per heavy atom. The lowest BCUT2D eigenvalue weighted by Gasteiger charge is -2.06. The van der Waals surface area contributed by atoms with Crippen LogP contribution in [0.2, 0.25) is 0 Å². The number of fused-ring (bicyclic) bond motifs is 1. The molecule has 0 aliphatic carbocycles. The van der Waals surface area contributed by atoms with Gasteiger partial charge in [-0.3, -0.25) is 4.98 Å². The van der Waals surface area contributed by atoms with E-state index in [1.54, 1.807) is 0 Å². The summed E-state index contributed by atoms with van der Waals surface area (Å²) in [7, 11) is 0. The highest BCUT2D eigenvalue weighted by Gasteiger charge is 2.04. The van der Waals surface area contributed by atoms with Crippen molar-refractivity contribution in [3.63, 3.8) is 0 Å². The fourth-order valence-electron chi connectivity index (χ4n) is 2.20. The summed E-state index contributed by atoms with van der Waals surface area (Å²) in [5, 5.41) is 1.17. The molecule has 3 rings (SSSR count). The summed E-state index contributed by atoms with van der Waals surface area (Å²) in [6.07, 6.45) is 0.782. The number of nitrogen functional groups attached to an aromatic ring is 1. The second kappa shape index (κ2) is 4.69. The normalized spacial score (nSPS) is 10.8. The van der Waals surface area contributed by atoms with E-state index in [1.807, 2.05) is 37.3 Å². The molecule has 94 valence electrons. The van der Waals surface area contributed by atoms with Gasteiger partial charge in [0.2, 0.25) is 0 Å². The zero-order valence-electron chi connectivity index (χ0n) is 10.8. The van der Waals surface area contributed by atoms with Gasteiger partial charge in [0.05, 0.1) is 5.52 Å². The van der Waals surface area contributed by atoms with Gasteiger partial charge in [-0.05, 0) is 30.7 Å². The van der Waals surface area contributed by atoms with Crippen LogP contribution >= 0.6 is 0 Å². The van der Waals surface area contributed by atoms with Gasteiger partial charge in [-0.15, -0.1) is 0 Å². The maximum absolute atomic E-state index is 5.67. The molecule has 1 aromatic carbocycles. The second-order valence-electron chi connectivity index (χ2n) is 4.65. The number of anilines is 1. The summed E-state index contributed by atoms with van der Waals surface area (Å²) >= 11 is 0. The highest BCUT2D eigenvalue weighted by atomic mass is 14.8. The van der Waals surface area contributed by atoms with Crippen molar-refractivity contribution >= 4 is 16.7 Å². The van der Waals surface area contributed by atoms with E-state index in [1.165, 1.54) is 5.39 Å². The largest absolute Gasteiger partial charge is 0.384 e. The van der Waals surface area contributed by atoms with Crippen molar-refractivity contribution in [1.82, 2.24) is 9.97 Å². The minimum atomic E-state index is 0.563. The number of hydrogen-bond donors (Lipinski definition) is 1. The van der Waals surface area contributed by atoms with Gasteiger partial charge in [0.1, 0.15) is 5.82 Å². The van der Waals surface area contributed by atoms with Crippen LogP contribution in [-0.4, -0.2) is 9.97 Å². The van der Waals surface area contributed by atoms with Crippen LogP contribution in [0.3, 0.4) is 0 Å². The van der Waals surface area contributed by atoms with E-state index in [0.29, 0.717) is 5.82 Å². The topological polar surface area (TPSA) is 51.8 Å². The summed E-state index contributed by atoms with van der Waals surface area (Å²) in [5.41, 5.74) is 9.88. The number of nitrogens with two attached hydrogens (primary N) is 1. The molecule has 3 heteroatoms. The van der Waals surface area contributed by atoms with Crippen molar-refractivity contribution in [2.45, 2.75) is 13.3 Å². The molecule has 19 heavy (non-hydrogen) atoms. The van der Waals surface area contributed by atoms with Gasteiger partial charge >= 0.3 is 0 Å². The number of nitrogens with zero attached hydrogens (tertiary/aromatic N) is 2. The highest BCUT2D eigenvalue weighted by Crippen LogP contribution is 2.16. The number of hydrogen-bond acceptors (Lipinski definition) is 3. The predicted octanol–water partition coefficient (Wildman–Crippen LogP) is 3.11. The molecule has 0 saturated heterocycles. The van der Waals surface area contributed by atoms with Crippen LogP contribution in [0.25, 0.3) is 10.9 Å². The Morgan fingerprint density at radius 3 is 2.63 bits per heavy atom. The zero-order valence-corrected chi connectivity index (χ0v) is 10.8. The lowest BCUT2D eigenvalue weighted by Crippen LogP contribution is -1.99. The van der Waals surface area contributed by atoms with E-state index >= 15 is 0 Å². The van der Waals surface area contributed by atoms with Crippen molar-refractivity contribution < 1.29 is 0 Å². The number of para-hydroxylation sites is 1. The molecule has 2 N–H and O–H groups in total. The molecule has 0 fully saturated rings. The maximum atomic E-state index is 5.67. The Labute approximate surface area is 112 Å². The van der Waals surface area contributed by atoms with Crippen LogP contribution in [0.4, 0.5) is 5.82 Å². The van der Waals surface area contributed by atoms with Crippen LogP contribution in [0.15, 0.2) is 48.5 Å². The van der Waals surface area contributed by atoms with E-state index in [9.17, 15) is 0 Å². The number of rotatable bonds is 2. The Balaban J connectivity index is 1.96. The molecule has 3 nitrogen and oxygen atoms in total. The molecule has 0 amide bonds. The minimum Gasteiger partial charge on any atom is -0.384 e. The van der Waals surface area contributed by atoms with Gasteiger partial charge in [0.15, 0.2) is 0 Å². The Morgan fingerprint density at radius 2 is 1.79 bits per heavy atom. The van der Waals surface area contributed by atoms with E-state index in [-0.39, 0.29) is 0 Å². The molecule has 0 saturated carbocycles. The molecule has 0 atom stereocenters. The van der Waals surface area contributed by atoms with Crippen LogP contribution in [-0.2, 0) is 6.42 Å². The molecule has 2 aromatic heterocycles. The minimum absolute atomic E-state index is 0.563. The fraction of sp³-hybridized carbons (Fsp3) is 0.125. The first kappa shape index (κ1) is 11.7. The van der Waals surface area contributed by atoms with Crippen molar-refractivity contribution in [3.05, 3.63) is 65.5 Å². The highest BCUT2D eigenvalue weighted by molar-refractivity contribution is 5.78. The van der Waals surface area contributed by atoms with Gasteiger partial charge in [-0.2, -0.15) is 0 Å². The molecule has 2 heterocycles. The molecular weight excluding hydrogens is 234 g/mol. The lowest BCUT2D eigenvalue weighted by atomic mass is 10.1. The van der Waals surface area contributed by atoms with E-state index in [0.717, 1.165) is 28.9 Å². The Kier molecular flexibility index (Phi) is 2.88. The van der Waals surface area contributed by atoms with E-state index in [4.69, 9.17) is 5.73 Å². The van der Waals surface area contributed by atoms with Gasteiger partial charge < -0.3 is 5.73 Å². The molecule has 0 spiro atoms. The second-order valence-corrected chi connectivity index (χ2v) is 4.65. The average Bonchev–Trinajstić information content (AvgIpc) is 2.42. The SMILES string of the molecule is Cc1nc(N)ccc1Cc1ccc2ccccc2n1. The Bertz CT molecular complexity index is 735. The standard InChI is InChI=1S/C16H15N3/c1-11-13(7-9-16(17)18-11)10-14-8-6-12-4-2-3-5-15(12)19-14/h2-9H,10H2,1H3,(H2,17,18). The molecule has 0 bridgehead atoms.